The lowest BCUT2D eigenvalue weighted by atomic mass is 10.0. The van der Waals surface area contributed by atoms with Crippen LogP contribution < -0.4 is 9.47 Å². The molecule has 0 bridgehead atoms. The molecule has 3 aromatic rings. The van der Waals surface area contributed by atoms with Crippen LogP contribution >= 0.6 is 0 Å². The Morgan fingerprint density at radius 2 is 1.53 bits per heavy atom. The maximum atomic E-state index is 11.7. The number of phenols is 1. The Balaban J connectivity index is 1.87. The fourth-order valence-corrected chi connectivity index (χ4v) is 3.05. The van der Waals surface area contributed by atoms with Crippen molar-refractivity contribution < 1.29 is 29.3 Å². The maximum absolute atomic E-state index is 11.7. The predicted molar refractivity (Wildman–Crippen MR) is 112 cm³/mol. The molecule has 6 nitrogen and oxygen atoms in total. The van der Waals surface area contributed by atoms with Crippen molar-refractivity contribution in [3.05, 3.63) is 77.4 Å². The molecule has 0 aliphatic heterocycles. The van der Waals surface area contributed by atoms with Crippen LogP contribution in [-0.2, 0) is 6.42 Å². The van der Waals surface area contributed by atoms with E-state index in [9.17, 15) is 14.7 Å². The number of ketones is 1. The normalized spacial score (nSPS) is 10.5. The molecule has 6 heteroatoms. The molecule has 0 aliphatic carbocycles. The van der Waals surface area contributed by atoms with Gasteiger partial charge in [-0.05, 0) is 55.8 Å². The molecule has 0 aromatic heterocycles. The van der Waals surface area contributed by atoms with Crippen LogP contribution in [0.5, 0.6) is 28.7 Å². The van der Waals surface area contributed by atoms with Gasteiger partial charge in [-0.15, -0.1) is 0 Å². The van der Waals surface area contributed by atoms with Crippen molar-refractivity contribution in [2.45, 2.75) is 26.7 Å². The van der Waals surface area contributed by atoms with Gasteiger partial charge in [0.25, 0.3) is 0 Å². The van der Waals surface area contributed by atoms with Crippen molar-refractivity contribution in [2.24, 2.45) is 0 Å². The number of aromatic hydroxyl groups is 1. The Kier molecular flexibility index (Phi) is 6.37. The Morgan fingerprint density at radius 1 is 0.900 bits per heavy atom. The highest BCUT2D eigenvalue weighted by molar-refractivity contribution is 5.97. The molecule has 0 spiro atoms. The van der Waals surface area contributed by atoms with Crippen LogP contribution in [0, 0.1) is 0 Å². The minimum absolute atomic E-state index is 0.0558. The maximum Gasteiger partial charge on any atom is 0.335 e. The van der Waals surface area contributed by atoms with Crippen LogP contribution in [0.25, 0.3) is 0 Å². The van der Waals surface area contributed by atoms with Gasteiger partial charge < -0.3 is 19.7 Å². The molecule has 154 valence electrons. The van der Waals surface area contributed by atoms with Crippen molar-refractivity contribution >= 4 is 11.8 Å². The highest BCUT2D eigenvalue weighted by atomic mass is 16.5. The second kappa shape index (κ2) is 9.13. The SMILES string of the molecule is CCCc1c(Oc2cccc(Oc3cccc(C(=O)O)c3)c2)ccc(C(C)=O)c1O. The smallest absolute Gasteiger partial charge is 0.335 e. The summed E-state index contributed by atoms with van der Waals surface area (Å²) in [6.45, 7) is 3.38. The van der Waals surface area contributed by atoms with E-state index in [1.54, 1.807) is 48.5 Å². The third-order valence-corrected chi connectivity index (χ3v) is 4.47. The number of rotatable bonds is 8. The molecule has 30 heavy (non-hydrogen) atoms. The van der Waals surface area contributed by atoms with Gasteiger partial charge in [-0.3, -0.25) is 4.79 Å². The van der Waals surface area contributed by atoms with Gasteiger partial charge >= 0.3 is 5.97 Å². The van der Waals surface area contributed by atoms with E-state index in [1.165, 1.54) is 19.1 Å². The van der Waals surface area contributed by atoms with Gasteiger partial charge in [0.1, 0.15) is 28.7 Å². The first-order valence-electron chi connectivity index (χ1n) is 9.54. The summed E-state index contributed by atoms with van der Waals surface area (Å²) in [5.41, 5.74) is 0.969. The fraction of sp³-hybridized carbons (Fsp3) is 0.167. The third-order valence-electron chi connectivity index (χ3n) is 4.47. The summed E-state index contributed by atoms with van der Waals surface area (Å²) >= 11 is 0. The first-order chi connectivity index (χ1) is 14.4. The Morgan fingerprint density at radius 3 is 2.17 bits per heavy atom. The van der Waals surface area contributed by atoms with E-state index in [-0.39, 0.29) is 22.7 Å². The lowest BCUT2D eigenvalue weighted by molar-refractivity contribution is 0.0696. The molecule has 0 atom stereocenters. The monoisotopic (exact) mass is 406 g/mol. The zero-order valence-electron chi connectivity index (χ0n) is 16.7. The summed E-state index contributed by atoms with van der Waals surface area (Å²) in [6.07, 6.45) is 1.33. The van der Waals surface area contributed by atoms with Gasteiger partial charge in [0, 0.05) is 11.6 Å². The molecule has 3 aromatic carbocycles. The highest BCUT2D eigenvalue weighted by Gasteiger charge is 2.16. The minimum Gasteiger partial charge on any atom is -0.507 e. The number of carboxylic acid groups (broad SMARTS) is 1. The lowest BCUT2D eigenvalue weighted by Crippen LogP contribution is -1.99. The predicted octanol–water partition coefficient (Wildman–Crippen LogP) is 5.83. The van der Waals surface area contributed by atoms with E-state index >= 15 is 0 Å². The molecular weight excluding hydrogens is 384 g/mol. The number of carbonyl (C=O) groups excluding carboxylic acids is 1. The zero-order chi connectivity index (χ0) is 21.7. The molecule has 0 unspecified atom stereocenters. The number of ether oxygens (including phenoxy) is 2. The zero-order valence-corrected chi connectivity index (χ0v) is 16.7. The number of benzene rings is 3. The van der Waals surface area contributed by atoms with Gasteiger partial charge in [-0.1, -0.05) is 25.5 Å². The van der Waals surface area contributed by atoms with Crippen LogP contribution in [0.15, 0.2) is 60.7 Å². The van der Waals surface area contributed by atoms with Crippen LogP contribution in [0.1, 0.15) is 46.5 Å². The first-order valence-corrected chi connectivity index (χ1v) is 9.54. The molecule has 0 fully saturated rings. The summed E-state index contributed by atoms with van der Waals surface area (Å²) in [5, 5.41) is 19.6. The van der Waals surface area contributed by atoms with E-state index in [1.807, 2.05) is 6.92 Å². The molecular formula is C24H22O6. The largest absolute Gasteiger partial charge is 0.507 e. The topological polar surface area (TPSA) is 93.1 Å². The number of carboxylic acids is 1. The van der Waals surface area contributed by atoms with Crippen LogP contribution in [0.4, 0.5) is 0 Å². The highest BCUT2D eigenvalue weighted by Crippen LogP contribution is 2.36. The number of Topliss-reactive ketones (excluding diaryl/α,β-unsaturated/α-hetero) is 1. The second-order valence-electron chi connectivity index (χ2n) is 6.76. The number of hydrogen-bond acceptors (Lipinski definition) is 5. The number of carbonyl (C=O) groups is 2. The van der Waals surface area contributed by atoms with E-state index in [2.05, 4.69) is 0 Å². The van der Waals surface area contributed by atoms with Crippen LogP contribution in [-0.4, -0.2) is 22.0 Å². The van der Waals surface area contributed by atoms with Crippen LogP contribution in [0.2, 0.25) is 0 Å². The molecule has 0 saturated heterocycles. The summed E-state index contributed by atoms with van der Waals surface area (Å²) < 4.78 is 11.7. The third kappa shape index (κ3) is 4.78. The lowest BCUT2D eigenvalue weighted by Gasteiger charge is -2.15. The van der Waals surface area contributed by atoms with Crippen molar-refractivity contribution in [2.75, 3.05) is 0 Å². The van der Waals surface area contributed by atoms with Gasteiger partial charge in [0.15, 0.2) is 5.78 Å². The summed E-state index contributed by atoms with van der Waals surface area (Å²) in [5.74, 6) is 0.502. The van der Waals surface area contributed by atoms with Crippen molar-refractivity contribution in [1.29, 1.82) is 0 Å². The Hall–Kier alpha value is -3.80. The molecule has 0 heterocycles. The molecule has 0 aliphatic rings. The van der Waals surface area contributed by atoms with E-state index in [0.29, 0.717) is 35.0 Å². The number of aromatic carboxylic acids is 1. The second-order valence-corrected chi connectivity index (χ2v) is 6.76. The quantitative estimate of drug-likeness (QED) is 0.457. The van der Waals surface area contributed by atoms with Gasteiger partial charge in [-0.25, -0.2) is 4.79 Å². The molecule has 0 amide bonds. The molecule has 2 N–H and O–H groups in total. The molecule has 0 radical (unpaired) electrons. The fourth-order valence-electron chi connectivity index (χ4n) is 3.05. The standard InChI is InChI=1S/C24H22O6/c1-3-6-21-22(12-11-20(15(2)25)23(21)26)30-19-10-5-9-18(14-19)29-17-8-4-7-16(13-17)24(27)28/h4-5,7-14,26H,3,6H2,1-2H3,(H,27,28). The van der Waals surface area contributed by atoms with Crippen LogP contribution in [0.3, 0.4) is 0 Å². The molecule has 0 saturated carbocycles. The Labute approximate surface area is 174 Å². The van der Waals surface area contributed by atoms with Gasteiger partial charge in [-0.2, -0.15) is 0 Å². The van der Waals surface area contributed by atoms with Crippen molar-refractivity contribution in [3.8, 4) is 28.7 Å². The minimum atomic E-state index is -1.03. The molecule has 3 rings (SSSR count). The van der Waals surface area contributed by atoms with E-state index < -0.39 is 5.97 Å². The summed E-state index contributed by atoms with van der Waals surface area (Å²) in [7, 11) is 0. The Bertz CT molecular complexity index is 1090. The average Bonchev–Trinajstić information content (AvgIpc) is 2.71. The van der Waals surface area contributed by atoms with E-state index in [4.69, 9.17) is 14.6 Å². The van der Waals surface area contributed by atoms with Crippen molar-refractivity contribution in [3.63, 3.8) is 0 Å². The number of phenolic OH excluding ortho intramolecular Hbond substituents is 1. The van der Waals surface area contributed by atoms with Crippen molar-refractivity contribution in [1.82, 2.24) is 0 Å². The van der Waals surface area contributed by atoms with E-state index in [0.717, 1.165) is 6.42 Å². The number of hydrogen-bond donors (Lipinski definition) is 2. The summed E-state index contributed by atoms with van der Waals surface area (Å²) in [6, 6.07) is 16.3. The summed E-state index contributed by atoms with van der Waals surface area (Å²) in [4.78, 5) is 22.8. The first kappa shape index (κ1) is 20.9. The van der Waals surface area contributed by atoms with Gasteiger partial charge in [0.2, 0.25) is 0 Å². The average molecular weight is 406 g/mol. The van der Waals surface area contributed by atoms with Gasteiger partial charge in [0.05, 0.1) is 11.1 Å².